The van der Waals surface area contributed by atoms with Crippen molar-refractivity contribution >= 4 is 21.8 Å². The maximum absolute atomic E-state index is 14.0. The number of benzene rings is 2. The van der Waals surface area contributed by atoms with E-state index in [2.05, 4.69) is 15.7 Å². The lowest BCUT2D eigenvalue weighted by molar-refractivity contribution is -0.151. The average Bonchev–Trinajstić information content (AvgIpc) is 3.67. The van der Waals surface area contributed by atoms with Gasteiger partial charge >= 0.3 is 18.2 Å². The molecule has 1 aliphatic carbocycles. The molecule has 0 saturated heterocycles. The number of nitrogens with two attached hydrogens (primary N) is 1. The molecular weight excluding hydrogens is 661 g/mol. The van der Waals surface area contributed by atoms with E-state index in [-0.39, 0.29) is 24.3 Å². The Hall–Kier alpha value is -3.89. The number of amides is 1. The van der Waals surface area contributed by atoms with E-state index < -0.39 is 74.7 Å². The third kappa shape index (κ3) is 10.1. The molecule has 262 valence electrons. The molecule has 1 heterocycles. The van der Waals surface area contributed by atoms with Gasteiger partial charge in [0, 0.05) is 30.4 Å². The van der Waals surface area contributed by atoms with Crippen LogP contribution in [0.4, 0.5) is 26.7 Å². The molecule has 16 heteroatoms. The topological polar surface area (TPSA) is 145 Å². The first-order chi connectivity index (χ1) is 22.5. The summed E-state index contributed by atoms with van der Waals surface area (Å²) in [5, 5.41) is 9.39. The fourth-order valence-electron chi connectivity index (χ4n) is 5.24. The first kappa shape index (κ1) is 36.9. The van der Waals surface area contributed by atoms with Crippen LogP contribution in [0.3, 0.4) is 0 Å². The first-order valence-corrected chi connectivity index (χ1v) is 17.2. The Labute approximate surface area is 275 Å². The van der Waals surface area contributed by atoms with Gasteiger partial charge in [-0.15, -0.1) is 0 Å². The minimum Gasteiger partial charge on any atom is -0.458 e. The van der Waals surface area contributed by atoms with Crippen LogP contribution in [0, 0.1) is 18.6 Å². The number of carbonyl (C=O) groups is 2. The van der Waals surface area contributed by atoms with Crippen molar-refractivity contribution in [3.63, 3.8) is 0 Å². The summed E-state index contributed by atoms with van der Waals surface area (Å²) in [6, 6.07) is 3.87. The van der Waals surface area contributed by atoms with Crippen molar-refractivity contribution in [1.82, 2.24) is 20.4 Å². The van der Waals surface area contributed by atoms with Crippen molar-refractivity contribution in [2.45, 2.75) is 75.9 Å². The molecule has 0 bridgehead atoms. The number of nitrogens with zero attached hydrogens (tertiary/aromatic N) is 2. The van der Waals surface area contributed by atoms with E-state index in [9.17, 15) is 40.0 Å². The molecule has 48 heavy (non-hydrogen) atoms. The monoisotopic (exact) mass is 699 g/mol. The summed E-state index contributed by atoms with van der Waals surface area (Å²) in [5.41, 5.74) is 5.81. The van der Waals surface area contributed by atoms with Gasteiger partial charge in [0.05, 0.1) is 23.3 Å². The normalized spacial score (nSPS) is 16.2. The number of rotatable bonds is 15. The van der Waals surface area contributed by atoms with E-state index in [1.165, 1.54) is 24.5 Å². The van der Waals surface area contributed by atoms with Crippen LogP contribution in [-0.2, 0) is 37.5 Å². The number of halogens is 5. The molecule has 0 unspecified atom stereocenters. The van der Waals surface area contributed by atoms with Crippen LogP contribution >= 0.6 is 0 Å². The Kier molecular flexibility index (Phi) is 11.6. The summed E-state index contributed by atoms with van der Waals surface area (Å²) >= 11 is 0. The largest absolute Gasteiger partial charge is 0.458 e. The van der Waals surface area contributed by atoms with Crippen molar-refractivity contribution in [3.8, 4) is 0 Å². The van der Waals surface area contributed by atoms with Gasteiger partial charge in [-0.2, -0.15) is 23.0 Å². The Morgan fingerprint density at radius 1 is 1.12 bits per heavy atom. The van der Waals surface area contributed by atoms with Gasteiger partial charge in [0.2, 0.25) is 0 Å². The molecule has 4 N–H and O–H groups in total. The minimum absolute atomic E-state index is 0.140. The van der Waals surface area contributed by atoms with E-state index >= 15 is 0 Å². The number of carbonyl (C=O) groups excluding carboxylic acids is 2. The number of aryl methyl sites for hydroxylation is 1. The molecule has 1 amide bonds. The van der Waals surface area contributed by atoms with Crippen molar-refractivity contribution in [3.05, 3.63) is 88.7 Å². The minimum atomic E-state index is -4.57. The third-order valence-corrected chi connectivity index (χ3v) is 9.76. The Morgan fingerprint density at radius 3 is 2.40 bits per heavy atom. The molecule has 0 radical (unpaired) electrons. The number of alkyl halides is 3. The zero-order valence-electron chi connectivity index (χ0n) is 26.4. The highest BCUT2D eigenvalue weighted by Gasteiger charge is 2.46. The number of hydrogen-bond acceptors (Lipinski definition) is 8. The molecule has 4 rings (SSSR count). The van der Waals surface area contributed by atoms with Crippen molar-refractivity contribution in [2.24, 2.45) is 5.73 Å². The van der Waals surface area contributed by atoms with Gasteiger partial charge < -0.3 is 21.1 Å². The number of sulfone groups is 1. The van der Waals surface area contributed by atoms with Crippen molar-refractivity contribution in [2.75, 3.05) is 18.1 Å². The van der Waals surface area contributed by atoms with E-state index in [4.69, 9.17) is 10.5 Å². The maximum atomic E-state index is 14.0. The molecule has 3 atom stereocenters. The Bertz CT molecular complexity index is 1690. The summed E-state index contributed by atoms with van der Waals surface area (Å²) in [5.74, 6) is -3.92. The predicted molar refractivity (Wildman–Crippen MR) is 167 cm³/mol. The maximum Gasteiger partial charge on any atom is 0.416 e. The quantitative estimate of drug-likeness (QED) is 0.157. The Balaban J connectivity index is 1.60. The second kappa shape index (κ2) is 15.1. The number of unbranched alkanes of at least 4 members (excludes halogenated alkanes) is 1. The lowest BCUT2D eigenvalue weighted by atomic mass is 9.99. The Morgan fingerprint density at radius 2 is 1.81 bits per heavy atom. The fraction of sp³-hybridized carbons (Fsp3) is 0.469. The highest BCUT2D eigenvalue weighted by atomic mass is 32.2. The van der Waals surface area contributed by atoms with Crippen LogP contribution in [0.15, 0.2) is 54.9 Å². The highest BCUT2D eigenvalue weighted by Crippen LogP contribution is 2.46. The number of nitrogens with one attached hydrogen (secondary N) is 2. The third-order valence-electron chi connectivity index (χ3n) is 8.00. The van der Waals surface area contributed by atoms with E-state index in [0.29, 0.717) is 42.9 Å². The summed E-state index contributed by atoms with van der Waals surface area (Å²) in [6.45, 7) is 3.24. The fourth-order valence-corrected chi connectivity index (χ4v) is 6.86. The van der Waals surface area contributed by atoms with Crippen LogP contribution < -0.4 is 16.4 Å². The predicted octanol–water partition coefficient (Wildman–Crippen LogP) is 4.39. The van der Waals surface area contributed by atoms with Crippen molar-refractivity contribution in [1.29, 1.82) is 0 Å². The van der Waals surface area contributed by atoms with Crippen LogP contribution in [0.25, 0.3) is 0 Å². The molecule has 1 fully saturated rings. The summed E-state index contributed by atoms with van der Waals surface area (Å²) in [7, 11) is -3.87. The molecule has 1 aliphatic rings. The molecule has 0 spiro atoms. The number of ether oxygens (including phenoxy) is 1. The van der Waals surface area contributed by atoms with Gasteiger partial charge in [-0.1, -0.05) is 25.5 Å². The zero-order valence-corrected chi connectivity index (χ0v) is 27.2. The van der Waals surface area contributed by atoms with E-state index in [1.807, 2.05) is 0 Å². The number of hydrogen-bond donors (Lipinski definition) is 3. The molecule has 1 saturated carbocycles. The van der Waals surface area contributed by atoms with Gasteiger partial charge in [0.1, 0.15) is 23.8 Å². The molecule has 2 aromatic carbocycles. The van der Waals surface area contributed by atoms with E-state index in [1.54, 1.807) is 13.8 Å². The van der Waals surface area contributed by atoms with E-state index in [0.717, 1.165) is 28.9 Å². The first-order valence-electron chi connectivity index (χ1n) is 15.4. The van der Waals surface area contributed by atoms with Crippen LogP contribution in [0.2, 0.25) is 0 Å². The molecule has 1 aromatic heterocycles. The number of esters is 1. The SMILES string of the molecule is CCCCS(=O)(=O)C[C@@H](NC(=O)n1cc(C)cn1)C(=O)O[C@H](CNC1(c2cccc(C(F)(F)F)c2)CC1)[C@@H](N)Cc1cc(F)cc(F)c1. The van der Waals surface area contributed by atoms with Crippen LogP contribution in [0.5, 0.6) is 0 Å². The average molecular weight is 700 g/mol. The van der Waals surface area contributed by atoms with Gasteiger partial charge in [0.15, 0.2) is 9.84 Å². The van der Waals surface area contributed by atoms with Gasteiger partial charge in [0.25, 0.3) is 0 Å². The molecule has 3 aromatic rings. The van der Waals surface area contributed by atoms with Gasteiger partial charge in [-0.25, -0.2) is 26.8 Å². The molecule has 10 nitrogen and oxygen atoms in total. The van der Waals surface area contributed by atoms with Gasteiger partial charge in [-0.05, 0) is 73.6 Å². The standard InChI is InChI=1S/C32H38F5N5O5S/c1-3-4-10-48(45,46)19-27(41-30(44)42-18-20(2)16-40-42)29(43)47-28(26(38)13-21-11-24(33)15-25(34)12-21)17-39-31(8-9-31)22-6-5-7-23(14-22)32(35,36)37/h5-7,11-12,14-16,18,26-28,39H,3-4,8-10,13,17,19,38H2,1-2H3,(H,41,44)/t26-,27+,28+/m0/s1. The molecule has 0 aliphatic heterocycles. The van der Waals surface area contributed by atoms with Gasteiger partial charge in [-0.3, -0.25) is 0 Å². The highest BCUT2D eigenvalue weighted by molar-refractivity contribution is 7.91. The smallest absolute Gasteiger partial charge is 0.416 e. The van der Waals surface area contributed by atoms with Crippen LogP contribution in [-0.4, -0.2) is 66.4 Å². The number of aromatic nitrogens is 2. The second-order valence-electron chi connectivity index (χ2n) is 12.1. The second-order valence-corrected chi connectivity index (χ2v) is 14.3. The zero-order chi connectivity index (χ0) is 35.3. The molecular formula is C32H38F5N5O5S. The summed E-state index contributed by atoms with van der Waals surface area (Å²) in [4.78, 5) is 26.6. The van der Waals surface area contributed by atoms with Crippen LogP contribution in [0.1, 0.15) is 54.9 Å². The lowest BCUT2D eigenvalue weighted by Crippen LogP contribution is -2.53. The van der Waals surface area contributed by atoms with Crippen molar-refractivity contribution < 1.29 is 44.7 Å². The summed E-state index contributed by atoms with van der Waals surface area (Å²) in [6.07, 6.45) is -1.50. The lowest BCUT2D eigenvalue weighted by Gasteiger charge is -2.29. The summed E-state index contributed by atoms with van der Waals surface area (Å²) < 4.78 is 101.